The number of carbonyl (C=O) groups excluding carboxylic acids is 1. The molecule has 0 saturated carbocycles. The monoisotopic (exact) mass is 351 g/mol. The molecule has 0 aliphatic carbocycles. The molecule has 1 N–H and O–H groups in total. The number of hydrogen-bond donors (Lipinski definition) is 1. The molecule has 9 nitrogen and oxygen atoms in total. The Kier molecular flexibility index (Phi) is 4.95. The number of amides is 1. The van der Waals surface area contributed by atoms with Crippen molar-refractivity contribution in [2.45, 2.75) is 0 Å². The fraction of sp³-hybridized carbons (Fsp3) is 0.0714. The predicted octanol–water partition coefficient (Wildman–Crippen LogP) is 3.42. The molecule has 0 unspecified atom stereocenters. The minimum Gasteiger partial charge on any atom is -0.497 e. The average Bonchev–Trinajstić information content (AvgIpc) is 2.54. The number of rotatable bonds is 5. The van der Waals surface area contributed by atoms with Gasteiger partial charge in [-0.05, 0) is 12.1 Å². The third-order valence-electron chi connectivity index (χ3n) is 3.02. The van der Waals surface area contributed by atoms with Crippen molar-refractivity contribution in [1.82, 2.24) is 0 Å². The van der Waals surface area contributed by atoms with Crippen LogP contribution in [0, 0.1) is 20.2 Å². The molecule has 0 aromatic heterocycles. The van der Waals surface area contributed by atoms with E-state index < -0.39 is 32.2 Å². The summed E-state index contributed by atoms with van der Waals surface area (Å²) in [6.45, 7) is 0. The number of halogens is 1. The van der Waals surface area contributed by atoms with Crippen LogP contribution in [0.25, 0.3) is 0 Å². The number of ether oxygens (including phenoxy) is 1. The first-order valence-electron chi connectivity index (χ1n) is 6.41. The van der Waals surface area contributed by atoms with Crippen molar-refractivity contribution in [3.63, 3.8) is 0 Å². The van der Waals surface area contributed by atoms with Gasteiger partial charge in [0.1, 0.15) is 10.8 Å². The van der Waals surface area contributed by atoms with Crippen LogP contribution in [0.1, 0.15) is 10.4 Å². The topological polar surface area (TPSA) is 125 Å². The molecule has 124 valence electrons. The summed E-state index contributed by atoms with van der Waals surface area (Å²) in [7, 11) is 1.45. The number of benzene rings is 2. The smallest absolute Gasteiger partial charge is 0.295 e. The summed E-state index contributed by atoms with van der Waals surface area (Å²) in [6.07, 6.45) is 0. The SMILES string of the molecule is COc1cccc(NC(=O)c2cc([N+](=O)[O-])cc([N+](=O)[O-])c2Cl)c1. The number of nitrogens with one attached hydrogen (secondary N) is 1. The van der Waals surface area contributed by atoms with Gasteiger partial charge in [-0.2, -0.15) is 0 Å². The minimum absolute atomic E-state index is 0.338. The molecule has 2 aromatic carbocycles. The molecule has 1 amide bonds. The maximum Gasteiger partial charge on any atom is 0.295 e. The van der Waals surface area contributed by atoms with Crippen LogP contribution < -0.4 is 10.1 Å². The molecule has 10 heteroatoms. The Morgan fingerprint density at radius 1 is 1.17 bits per heavy atom. The highest BCUT2D eigenvalue weighted by Gasteiger charge is 2.26. The van der Waals surface area contributed by atoms with Crippen molar-refractivity contribution in [3.8, 4) is 5.75 Å². The maximum absolute atomic E-state index is 12.3. The van der Waals surface area contributed by atoms with Crippen LogP contribution in [-0.4, -0.2) is 22.9 Å². The zero-order valence-electron chi connectivity index (χ0n) is 12.2. The summed E-state index contributed by atoms with van der Waals surface area (Å²) >= 11 is 5.85. The van der Waals surface area contributed by atoms with Gasteiger partial charge in [-0.25, -0.2) is 0 Å². The zero-order valence-corrected chi connectivity index (χ0v) is 12.9. The Morgan fingerprint density at radius 3 is 2.46 bits per heavy atom. The van der Waals surface area contributed by atoms with Gasteiger partial charge in [-0.3, -0.25) is 25.0 Å². The number of nitro benzene ring substituents is 2. The third kappa shape index (κ3) is 3.58. The molecular formula is C14H10ClN3O6. The highest BCUT2D eigenvalue weighted by molar-refractivity contribution is 6.36. The highest BCUT2D eigenvalue weighted by atomic mass is 35.5. The fourth-order valence-electron chi connectivity index (χ4n) is 1.90. The van der Waals surface area contributed by atoms with Crippen LogP contribution in [0.5, 0.6) is 5.75 Å². The number of carbonyl (C=O) groups is 1. The van der Waals surface area contributed by atoms with Crippen molar-refractivity contribution in [1.29, 1.82) is 0 Å². The Hall–Kier alpha value is -3.20. The second kappa shape index (κ2) is 6.92. The molecular weight excluding hydrogens is 342 g/mol. The van der Waals surface area contributed by atoms with E-state index in [2.05, 4.69) is 5.32 Å². The molecule has 0 aliphatic rings. The van der Waals surface area contributed by atoms with Crippen molar-refractivity contribution in [3.05, 3.63) is 67.2 Å². The number of anilines is 1. The quantitative estimate of drug-likeness (QED) is 0.650. The Bertz CT molecular complexity index is 839. The standard InChI is InChI=1S/C14H10ClN3O6/c1-24-10-4-2-3-8(5-10)16-14(19)11-6-9(17(20)21)7-12(13(11)15)18(22)23/h2-7H,1H3,(H,16,19). The second-order valence-corrected chi connectivity index (χ2v) is 4.90. The molecule has 0 fully saturated rings. The van der Waals surface area contributed by atoms with E-state index in [0.717, 1.165) is 6.07 Å². The van der Waals surface area contributed by atoms with Crippen LogP contribution in [0.4, 0.5) is 17.1 Å². The van der Waals surface area contributed by atoms with Crippen molar-refractivity contribution >= 4 is 34.6 Å². The van der Waals surface area contributed by atoms with E-state index >= 15 is 0 Å². The largest absolute Gasteiger partial charge is 0.497 e. The summed E-state index contributed by atoms with van der Waals surface area (Å²) in [5, 5.41) is 23.8. The molecule has 0 aliphatic heterocycles. The lowest BCUT2D eigenvalue weighted by Gasteiger charge is -2.08. The van der Waals surface area contributed by atoms with Crippen molar-refractivity contribution in [2.75, 3.05) is 12.4 Å². The molecule has 0 radical (unpaired) electrons. The van der Waals surface area contributed by atoms with Gasteiger partial charge in [0.25, 0.3) is 17.3 Å². The number of methoxy groups -OCH3 is 1. The molecule has 0 heterocycles. The molecule has 0 atom stereocenters. The normalized spacial score (nSPS) is 10.1. The van der Waals surface area contributed by atoms with Gasteiger partial charge in [-0.1, -0.05) is 17.7 Å². The molecule has 0 spiro atoms. The van der Waals surface area contributed by atoms with E-state index in [1.807, 2.05) is 0 Å². The second-order valence-electron chi connectivity index (χ2n) is 4.53. The van der Waals surface area contributed by atoms with E-state index in [4.69, 9.17) is 16.3 Å². The van der Waals surface area contributed by atoms with E-state index in [0.29, 0.717) is 17.5 Å². The van der Waals surface area contributed by atoms with Gasteiger partial charge in [0.05, 0.1) is 28.6 Å². The predicted molar refractivity (Wildman–Crippen MR) is 85.7 cm³/mol. The number of hydrogen-bond acceptors (Lipinski definition) is 6. The lowest BCUT2D eigenvalue weighted by Crippen LogP contribution is -2.13. The van der Waals surface area contributed by atoms with Crippen LogP contribution in [0.15, 0.2) is 36.4 Å². The summed E-state index contributed by atoms with van der Waals surface area (Å²) in [6, 6.07) is 7.92. The summed E-state index contributed by atoms with van der Waals surface area (Å²) in [5.41, 5.74) is -1.37. The van der Waals surface area contributed by atoms with E-state index in [1.165, 1.54) is 13.2 Å². The lowest BCUT2D eigenvalue weighted by molar-refractivity contribution is -0.394. The summed E-state index contributed by atoms with van der Waals surface area (Å²) < 4.78 is 5.01. The highest BCUT2D eigenvalue weighted by Crippen LogP contribution is 2.33. The third-order valence-corrected chi connectivity index (χ3v) is 3.42. The molecule has 2 aromatic rings. The fourth-order valence-corrected chi connectivity index (χ4v) is 2.16. The summed E-state index contributed by atoms with van der Waals surface area (Å²) in [5.74, 6) is -0.344. The number of non-ortho nitro benzene ring substituents is 1. The Morgan fingerprint density at radius 2 is 1.88 bits per heavy atom. The van der Waals surface area contributed by atoms with Gasteiger partial charge in [0, 0.05) is 17.8 Å². The van der Waals surface area contributed by atoms with Crippen LogP contribution in [-0.2, 0) is 0 Å². The number of nitrogens with zero attached hydrogens (tertiary/aromatic N) is 2. The first-order valence-corrected chi connectivity index (χ1v) is 6.79. The minimum atomic E-state index is -0.891. The number of nitro groups is 2. The van der Waals surface area contributed by atoms with Gasteiger partial charge in [-0.15, -0.1) is 0 Å². The average molecular weight is 352 g/mol. The molecule has 24 heavy (non-hydrogen) atoms. The van der Waals surface area contributed by atoms with Crippen LogP contribution in [0.2, 0.25) is 5.02 Å². The van der Waals surface area contributed by atoms with Gasteiger partial charge < -0.3 is 10.1 Å². The lowest BCUT2D eigenvalue weighted by atomic mass is 10.1. The first kappa shape index (κ1) is 17.2. The zero-order chi connectivity index (χ0) is 17.9. The van der Waals surface area contributed by atoms with Crippen molar-refractivity contribution in [2.24, 2.45) is 0 Å². The summed E-state index contributed by atoms with van der Waals surface area (Å²) in [4.78, 5) is 32.4. The van der Waals surface area contributed by atoms with E-state index in [-0.39, 0.29) is 5.56 Å². The molecule has 0 saturated heterocycles. The Labute approximate surface area is 140 Å². The van der Waals surface area contributed by atoms with Gasteiger partial charge in [0.15, 0.2) is 0 Å². The Balaban J connectivity index is 2.44. The van der Waals surface area contributed by atoms with E-state index in [1.54, 1.807) is 18.2 Å². The molecule has 0 bridgehead atoms. The maximum atomic E-state index is 12.3. The molecule has 2 rings (SSSR count). The van der Waals surface area contributed by atoms with Gasteiger partial charge >= 0.3 is 0 Å². The van der Waals surface area contributed by atoms with Crippen LogP contribution >= 0.6 is 11.6 Å². The van der Waals surface area contributed by atoms with E-state index in [9.17, 15) is 25.0 Å². The van der Waals surface area contributed by atoms with Crippen LogP contribution in [0.3, 0.4) is 0 Å². The van der Waals surface area contributed by atoms with Gasteiger partial charge in [0.2, 0.25) is 0 Å². The van der Waals surface area contributed by atoms with Crippen molar-refractivity contribution < 1.29 is 19.4 Å². The first-order chi connectivity index (χ1) is 11.3.